The van der Waals surface area contributed by atoms with E-state index in [0.717, 1.165) is 0 Å². The Hall–Kier alpha value is -1.04. The molecule has 0 saturated heterocycles. The highest BCUT2D eigenvalue weighted by Crippen LogP contribution is 2.32. The fourth-order valence-electron chi connectivity index (χ4n) is 1.84. The molecule has 1 aliphatic carbocycles. The van der Waals surface area contributed by atoms with Crippen molar-refractivity contribution >= 4 is 5.57 Å². The van der Waals surface area contributed by atoms with Crippen LogP contribution in [0.15, 0.2) is 24.3 Å². The number of allylic oxidation sites excluding steroid dienone is 2. The Kier molecular flexibility index (Phi) is 1.76. The van der Waals surface area contributed by atoms with Crippen LogP contribution < -0.4 is 0 Å². The van der Waals surface area contributed by atoms with Gasteiger partial charge in [-0.1, -0.05) is 24.3 Å². The van der Waals surface area contributed by atoms with Crippen LogP contribution in [0.3, 0.4) is 0 Å². The first-order valence-electron chi connectivity index (χ1n) is 4.54. The van der Waals surface area contributed by atoms with Crippen LogP contribution in [0.2, 0.25) is 0 Å². The van der Waals surface area contributed by atoms with Crippen LogP contribution >= 0.6 is 0 Å². The maximum atomic E-state index is 2.34. The van der Waals surface area contributed by atoms with E-state index in [0.29, 0.717) is 0 Å². The molecule has 0 spiro atoms. The highest BCUT2D eigenvalue weighted by molar-refractivity contribution is 5.74. The summed E-state index contributed by atoms with van der Waals surface area (Å²) in [5.74, 6) is 0. The summed E-state index contributed by atoms with van der Waals surface area (Å²) in [5, 5.41) is 0. The lowest BCUT2D eigenvalue weighted by molar-refractivity contribution is 0.981. The second kappa shape index (κ2) is 2.78. The maximum Gasteiger partial charge on any atom is -0.0169 e. The van der Waals surface area contributed by atoms with Gasteiger partial charge in [0.1, 0.15) is 0 Å². The van der Waals surface area contributed by atoms with Crippen LogP contribution in [0.25, 0.3) is 5.57 Å². The number of benzene rings is 1. The maximum absolute atomic E-state index is 2.34. The first-order valence-corrected chi connectivity index (χ1v) is 4.54. The van der Waals surface area contributed by atoms with Crippen molar-refractivity contribution in [3.63, 3.8) is 0 Å². The second-order valence-electron chi connectivity index (χ2n) is 3.53. The second-order valence-corrected chi connectivity index (χ2v) is 3.53. The molecule has 2 rings (SSSR count). The van der Waals surface area contributed by atoms with Crippen LogP contribution in [0.4, 0.5) is 0 Å². The fourth-order valence-corrected chi connectivity index (χ4v) is 1.84. The van der Waals surface area contributed by atoms with Gasteiger partial charge < -0.3 is 0 Å². The Morgan fingerprint density at radius 1 is 1.08 bits per heavy atom. The highest BCUT2D eigenvalue weighted by atomic mass is 14.2. The fraction of sp³-hybridized carbons (Fsp3) is 0.333. The Morgan fingerprint density at radius 2 is 1.67 bits per heavy atom. The summed E-state index contributed by atoms with van der Waals surface area (Å²) >= 11 is 0. The number of hydrogen-bond donors (Lipinski definition) is 0. The van der Waals surface area contributed by atoms with Gasteiger partial charge in [-0.2, -0.15) is 0 Å². The Bertz CT molecular complexity index is 312. The molecule has 12 heavy (non-hydrogen) atoms. The molecule has 0 radical (unpaired) electrons. The van der Waals surface area contributed by atoms with Gasteiger partial charge in [0.25, 0.3) is 0 Å². The largest absolute Gasteiger partial charge is 0.0804 e. The Labute approximate surface area is 73.9 Å². The molecule has 0 bridgehead atoms. The van der Waals surface area contributed by atoms with E-state index in [1.54, 1.807) is 5.57 Å². The average Bonchev–Trinajstić information content (AvgIpc) is 1.93. The number of aryl methyl sites for hydroxylation is 2. The molecule has 0 amide bonds. The number of hydrogen-bond acceptors (Lipinski definition) is 0. The third-order valence-corrected chi connectivity index (χ3v) is 2.61. The smallest absolute Gasteiger partial charge is 0.0169 e. The molecule has 62 valence electrons. The van der Waals surface area contributed by atoms with Gasteiger partial charge in [0.15, 0.2) is 0 Å². The summed E-state index contributed by atoms with van der Waals surface area (Å²) < 4.78 is 0. The molecule has 0 fully saturated rings. The van der Waals surface area contributed by atoms with Gasteiger partial charge >= 0.3 is 0 Å². The summed E-state index contributed by atoms with van der Waals surface area (Å²) in [4.78, 5) is 0. The van der Waals surface area contributed by atoms with E-state index < -0.39 is 0 Å². The molecule has 0 unspecified atom stereocenters. The highest BCUT2D eigenvalue weighted by Gasteiger charge is 2.12. The lowest BCUT2D eigenvalue weighted by atomic mass is 9.87. The predicted molar refractivity (Wildman–Crippen MR) is 53.1 cm³/mol. The molecule has 1 aromatic carbocycles. The molecule has 0 nitrogen and oxygen atoms in total. The molecule has 1 aromatic rings. The van der Waals surface area contributed by atoms with E-state index in [1.165, 1.54) is 29.5 Å². The molecular formula is C12H14. The molecule has 1 aliphatic rings. The first-order chi connectivity index (χ1) is 5.79. The van der Waals surface area contributed by atoms with E-state index in [2.05, 4.69) is 38.1 Å². The Morgan fingerprint density at radius 3 is 2.08 bits per heavy atom. The van der Waals surface area contributed by atoms with Gasteiger partial charge in [0.2, 0.25) is 0 Å². The molecule has 0 saturated carbocycles. The van der Waals surface area contributed by atoms with Crippen LogP contribution in [0.5, 0.6) is 0 Å². The van der Waals surface area contributed by atoms with Crippen molar-refractivity contribution in [3.8, 4) is 0 Å². The molecule has 0 aliphatic heterocycles. The summed E-state index contributed by atoms with van der Waals surface area (Å²) in [5.41, 5.74) is 5.87. The minimum absolute atomic E-state index is 1.27. The Balaban J connectivity index is 2.54. The van der Waals surface area contributed by atoms with Crippen LogP contribution in [0.1, 0.15) is 29.5 Å². The zero-order chi connectivity index (χ0) is 8.55. The van der Waals surface area contributed by atoms with Crippen molar-refractivity contribution in [2.75, 3.05) is 0 Å². The molecule has 0 heteroatoms. The van der Waals surface area contributed by atoms with Gasteiger partial charge in [-0.3, -0.25) is 0 Å². The van der Waals surface area contributed by atoms with Crippen molar-refractivity contribution in [1.82, 2.24) is 0 Å². The first kappa shape index (κ1) is 7.60. The monoisotopic (exact) mass is 158 g/mol. The zero-order valence-electron chi connectivity index (χ0n) is 7.72. The van der Waals surface area contributed by atoms with Gasteiger partial charge in [-0.05, 0) is 49.0 Å². The summed E-state index contributed by atoms with van der Waals surface area (Å²) in [6, 6.07) is 6.52. The van der Waals surface area contributed by atoms with Crippen molar-refractivity contribution in [1.29, 1.82) is 0 Å². The van der Waals surface area contributed by atoms with E-state index in [4.69, 9.17) is 0 Å². The normalized spacial score (nSPS) is 15.3. The van der Waals surface area contributed by atoms with Crippen molar-refractivity contribution in [3.05, 3.63) is 41.0 Å². The van der Waals surface area contributed by atoms with Crippen molar-refractivity contribution in [2.45, 2.75) is 26.7 Å². The van der Waals surface area contributed by atoms with E-state index >= 15 is 0 Å². The summed E-state index contributed by atoms with van der Waals surface area (Å²) in [6.45, 7) is 4.39. The predicted octanol–water partition coefficient (Wildman–Crippen LogP) is 3.48. The third kappa shape index (κ3) is 1.08. The standard InChI is InChI=1S/C12H14/c1-9-5-3-6-10(2)12(9)11-7-4-8-11/h3,5-7H,4,8H2,1-2H3. The van der Waals surface area contributed by atoms with Crippen LogP contribution in [-0.2, 0) is 0 Å². The van der Waals surface area contributed by atoms with Gasteiger partial charge in [-0.25, -0.2) is 0 Å². The quantitative estimate of drug-likeness (QED) is 0.587. The van der Waals surface area contributed by atoms with E-state index in [1.807, 2.05) is 0 Å². The van der Waals surface area contributed by atoms with Gasteiger partial charge in [0, 0.05) is 0 Å². The molecule has 0 N–H and O–H groups in total. The lowest BCUT2D eigenvalue weighted by Crippen LogP contribution is -1.98. The molecule has 0 heterocycles. The third-order valence-electron chi connectivity index (χ3n) is 2.61. The number of rotatable bonds is 1. The summed E-state index contributed by atoms with van der Waals surface area (Å²) in [6.07, 6.45) is 4.88. The summed E-state index contributed by atoms with van der Waals surface area (Å²) in [7, 11) is 0. The zero-order valence-corrected chi connectivity index (χ0v) is 7.72. The van der Waals surface area contributed by atoms with Crippen LogP contribution in [0, 0.1) is 13.8 Å². The lowest BCUT2D eigenvalue weighted by Gasteiger charge is -2.18. The van der Waals surface area contributed by atoms with Crippen molar-refractivity contribution < 1.29 is 0 Å². The minimum atomic E-state index is 1.27. The minimum Gasteiger partial charge on any atom is -0.0804 e. The topological polar surface area (TPSA) is 0 Å². The average molecular weight is 158 g/mol. The van der Waals surface area contributed by atoms with E-state index in [9.17, 15) is 0 Å². The SMILES string of the molecule is Cc1cccc(C)c1C1=CCC1. The molecule has 0 atom stereocenters. The van der Waals surface area contributed by atoms with Gasteiger partial charge in [0.05, 0.1) is 0 Å². The van der Waals surface area contributed by atoms with Crippen molar-refractivity contribution in [2.24, 2.45) is 0 Å². The van der Waals surface area contributed by atoms with E-state index in [-0.39, 0.29) is 0 Å². The molecular weight excluding hydrogens is 144 g/mol. The van der Waals surface area contributed by atoms with Gasteiger partial charge in [-0.15, -0.1) is 0 Å². The molecule has 0 aromatic heterocycles. The van der Waals surface area contributed by atoms with Crippen LogP contribution in [-0.4, -0.2) is 0 Å².